The van der Waals surface area contributed by atoms with Gasteiger partial charge >= 0.3 is 0 Å². The number of amides is 2. The van der Waals surface area contributed by atoms with Crippen LogP contribution in [0.4, 0.5) is 5.69 Å². The van der Waals surface area contributed by atoms with Crippen molar-refractivity contribution < 1.29 is 37.0 Å². The van der Waals surface area contributed by atoms with E-state index in [-0.39, 0.29) is 34.5 Å². The van der Waals surface area contributed by atoms with Gasteiger partial charge in [0.25, 0.3) is 10.0 Å². The molecule has 0 aromatic heterocycles. The third-order valence-corrected chi connectivity index (χ3v) is 9.33. The summed E-state index contributed by atoms with van der Waals surface area (Å²) >= 11 is 0. The number of rotatable bonds is 18. The number of nitrogens with zero attached hydrogens (tertiary/aromatic N) is 2. The van der Waals surface area contributed by atoms with E-state index in [1.54, 1.807) is 12.1 Å². The molecule has 2 amide bonds. The largest absolute Gasteiger partial charge is 0.497 e. The van der Waals surface area contributed by atoms with Gasteiger partial charge in [-0.25, -0.2) is 8.42 Å². The van der Waals surface area contributed by atoms with Crippen molar-refractivity contribution in [2.45, 2.75) is 50.5 Å². The van der Waals surface area contributed by atoms with Gasteiger partial charge in [0.05, 0.1) is 39.0 Å². The molecule has 1 atom stereocenters. The zero-order chi connectivity index (χ0) is 33.7. The van der Waals surface area contributed by atoms with Gasteiger partial charge in [-0.1, -0.05) is 50.6 Å². The molecule has 0 aliphatic carbocycles. The van der Waals surface area contributed by atoms with Gasteiger partial charge in [0, 0.05) is 25.2 Å². The van der Waals surface area contributed by atoms with Crippen LogP contribution < -0.4 is 28.6 Å². The summed E-state index contributed by atoms with van der Waals surface area (Å²) in [6.07, 6.45) is 2.51. The van der Waals surface area contributed by atoms with Gasteiger partial charge in [-0.15, -0.1) is 0 Å². The summed E-state index contributed by atoms with van der Waals surface area (Å²) < 4.78 is 51.5. The molecule has 0 unspecified atom stereocenters. The number of anilines is 1. The fourth-order valence-electron chi connectivity index (χ4n) is 5.01. The molecule has 12 heteroatoms. The van der Waals surface area contributed by atoms with Crippen LogP contribution >= 0.6 is 0 Å². The second-order valence-electron chi connectivity index (χ2n) is 10.5. The van der Waals surface area contributed by atoms with Crippen LogP contribution in [0.5, 0.6) is 23.0 Å². The Hall–Kier alpha value is -4.45. The maximum Gasteiger partial charge on any atom is 0.265 e. The fourth-order valence-corrected chi connectivity index (χ4v) is 6.44. The topological polar surface area (TPSA) is 124 Å². The molecule has 46 heavy (non-hydrogen) atoms. The molecule has 0 radical (unpaired) electrons. The van der Waals surface area contributed by atoms with Gasteiger partial charge in [-0.2, -0.15) is 0 Å². The van der Waals surface area contributed by atoms with E-state index in [1.807, 2.05) is 44.2 Å². The van der Waals surface area contributed by atoms with Crippen molar-refractivity contribution in [2.24, 2.45) is 0 Å². The van der Waals surface area contributed by atoms with Crippen LogP contribution in [0, 0.1) is 0 Å². The Morgan fingerprint density at radius 2 is 1.50 bits per heavy atom. The summed E-state index contributed by atoms with van der Waals surface area (Å²) in [4.78, 5) is 29.1. The highest BCUT2D eigenvalue weighted by molar-refractivity contribution is 7.92. The van der Waals surface area contributed by atoms with E-state index in [0.29, 0.717) is 30.9 Å². The minimum atomic E-state index is -4.42. The number of carbonyl (C=O) groups excluding carboxylic acids is 2. The standard InChI is InChI=1S/C34H45N3O8S/c1-7-9-20-35-34(39)28(8-2)36(21-19-25-13-11-10-12-14-25)33(38)24-37(29-22-26(42-3)15-17-30(29)43-4)46(40,41)27-16-18-31(44-5)32(23-27)45-6/h10-18,22-23,28H,7-9,19-21,24H2,1-6H3,(H,35,39)/t28-/m0/s1. The average molecular weight is 656 g/mol. The van der Waals surface area contributed by atoms with Crippen molar-refractivity contribution in [3.05, 3.63) is 72.3 Å². The molecular formula is C34H45N3O8S. The van der Waals surface area contributed by atoms with E-state index < -0.39 is 28.5 Å². The maximum absolute atomic E-state index is 14.4. The molecule has 0 bridgehead atoms. The predicted molar refractivity (Wildman–Crippen MR) is 177 cm³/mol. The van der Waals surface area contributed by atoms with E-state index in [2.05, 4.69) is 5.32 Å². The molecule has 1 N–H and O–H groups in total. The van der Waals surface area contributed by atoms with Crippen LogP contribution in [0.25, 0.3) is 0 Å². The van der Waals surface area contributed by atoms with E-state index in [4.69, 9.17) is 18.9 Å². The smallest absolute Gasteiger partial charge is 0.265 e. The van der Waals surface area contributed by atoms with Gasteiger partial charge in [0.15, 0.2) is 11.5 Å². The van der Waals surface area contributed by atoms with Crippen LogP contribution in [-0.4, -0.2) is 79.2 Å². The zero-order valence-electron chi connectivity index (χ0n) is 27.4. The lowest BCUT2D eigenvalue weighted by Gasteiger charge is -2.33. The summed E-state index contributed by atoms with van der Waals surface area (Å²) in [6.45, 7) is 3.92. The van der Waals surface area contributed by atoms with Crippen molar-refractivity contribution in [3.63, 3.8) is 0 Å². The fraction of sp³-hybridized carbons (Fsp3) is 0.412. The van der Waals surface area contributed by atoms with Crippen molar-refractivity contribution >= 4 is 27.5 Å². The monoisotopic (exact) mass is 655 g/mol. The Morgan fingerprint density at radius 1 is 0.826 bits per heavy atom. The first-order valence-electron chi connectivity index (χ1n) is 15.2. The lowest BCUT2D eigenvalue weighted by molar-refractivity contribution is -0.139. The van der Waals surface area contributed by atoms with E-state index >= 15 is 0 Å². The van der Waals surface area contributed by atoms with Gasteiger partial charge in [-0.05, 0) is 49.1 Å². The second kappa shape index (κ2) is 17.3. The molecule has 3 aromatic rings. The van der Waals surface area contributed by atoms with E-state index in [0.717, 1.165) is 22.7 Å². The van der Waals surface area contributed by atoms with Crippen LogP contribution in [0.1, 0.15) is 38.7 Å². The summed E-state index contributed by atoms with van der Waals surface area (Å²) in [5.41, 5.74) is 1.07. The predicted octanol–water partition coefficient (Wildman–Crippen LogP) is 4.68. The highest BCUT2D eigenvalue weighted by atomic mass is 32.2. The minimum absolute atomic E-state index is 0.0911. The molecular weight excluding hydrogens is 610 g/mol. The number of benzene rings is 3. The molecule has 3 aromatic carbocycles. The van der Waals surface area contributed by atoms with Gasteiger partial charge < -0.3 is 29.2 Å². The lowest BCUT2D eigenvalue weighted by atomic mass is 10.1. The molecule has 0 aliphatic rings. The molecule has 0 spiro atoms. The molecule has 0 heterocycles. The Kier molecular flexibility index (Phi) is 13.5. The second-order valence-corrected chi connectivity index (χ2v) is 12.3. The van der Waals surface area contributed by atoms with Crippen LogP contribution in [-0.2, 0) is 26.0 Å². The number of methoxy groups -OCH3 is 4. The molecule has 3 rings (SSSR count). The van der Waals surface area contributed by atoms with E-state index in [9.17, 15) is 18.0 Å². The molecule has 0 saturated heterocycles. The van der Waals surface area contributed by atoms with Gasteiger partial charge in [0.2, 0.25) is 11.8 Å². The number of nitrogens with one attached hydrogen (secondary N) is 1. The van der Waals surface area contributed by atoms with Crippen molar-refractivity contribution in [1.82, 2.24) is 10.2 Å². The quantitative estimate of drug-likeness (QED) is 0.196. The molecule has 250 valence electrons. The lowest BCUT2D eigenvalue weighted by Crippen LogP contribution is -2.53. The van der Waals surface area contributed by atoms with E-state index in [1.165, 1.54) is 57.6 Å². The highest BCUT2D eigenvalue weighted by Crippen LogP contribution is 2.37. The van der Waals surface area contributed by atoms with Crippen LogP contribution in [0.2, 0.25) is 0 Å². The van der Waals surface area contributed by atoms with Crippen LogP contribution in [0.3, 0.4) is 0 Å². The maximum atomic E-state index is 14.4. The minimum Gasteiger partial charge on any atom is -0.497 e. The first-order chi connectivity index (χ1) is 22.1. The molecule has 0 aliphatic heterocycles. The Labute approximate surface area is 272 Å². The molecule has 11 nitrogen and oxygen atoms in total. The van der Waals surface area contributed by atoms with Crippen molar-refractivity contribution in [2.75, 3.05) is 52.4 Å². The Morgan fingerprint density at radius 3 is 2.11 bits per heavy atom. The summed E-state index contributed by atoms with van der Waals surface area (Å²) in [5, 5.41) is 2.94. The third-order valence-electron chi connectivity index (χ3n) is 7.58. The Bertz CT molecular complexity index is 1550. The van der Waals surface area contributed by atoms with Gasteiger partial charge in [-0.3, -0.25) is 13.9 Å². The third kappa shape index (κ3) is 8.84. The van der Waals surface area contributed by atoms with Crippen molar-refractivity contribution in [1.29, 1.82) is 0 Å². The number of hydrogen-bond acceptors (Lipinski definition) is 8. The normalized spacial score (nSPS) is 11.7. The van der Waals surface area contributed by atoms with Crippen LogP contribution in [0.15, 0.2) is 71.6 Å². The Balaban J connectivity index is 2.13. The average Bonchev–Trinajstić information content (AvgIpc) is 3.08. The molecule has 0 saturated carbocycles. The number of hydrogen-bond donors (Lipinski definition) is 1. The summed E-state index contributed by atoms with van der Waals surface area (Å²) in [7, 11) is 1.30. The number of ether oxygens (including phenoxy) is 4. The zero-order valence-corrected chi connectivity index (χ0v) is 28.3. The SMILES string of the molecule is CCCCNC(=O)[C@H](CC)N(CCc1ccccc1)C(=O)CN(c1cc(OC)ccc1OC)S(=O)(=O)c1ccc(OC)c(OC)c1. The number of unbranched alkanes of at least 4 members (excludes halogenated alkanes) is 1. The van der Waals surface area contributed by atoms with Crippen molar-refractivity contribution in [3.8, 4) is 23.0 Å². The van der Waals surface area contributed by atoms with Gasteiger partial charge in [0.1, 0.15) is 24.1 Å². The first kappa shape index (κ1) is 36.0. The number of sulfonamides is 1. The first-order valence-corrected chi connectivity index (χ1v) is 16.7. The highest BCUT2D eigenvalue weighted by Gasteiger charge is 2.35. The summed E-state index contributed by atoms with van der Waals surface area (Å²) in [5.74, 6) is 0.269. The molecule has 0 fully saturated rings. The number of carbonyl (C=O) groups is 2. The summed E-state index contributed by atoms with van der Waals surface area (Å²) in [6, 6.07) is 17.7.